The summed E-state index contributed by atoms with van der Waals surface area (Å²) >= 11 is 0. The number of nitro groups is 1. The zero-order valence-electron chi connectivity index (χ0n) is 9.79. The van der Waals surface area contributed by atoms with Crippen LogP contribution in [-0.2, 0) is 11.2 Å². The minimum absolute atomic E-state index is 0.0000907. The predicted molar refractivity (Wildman–Crippen MR) is 68.7 cm³/mol. The lowest BCUT2D eigenvalue weighted by atomic mass is 10.0. The van der Waals surface area contributed by atoms with Crippen molar-refractivity contribution < 1.29 is 14.8 Å². The molecule has 0 fully saturated rings. The van der Waals surface area contributed by atoms with Gasteiger partial charge in [0.2, 0.25) is 0 Å². The number of carbonyl (C=O) groups is 1. The van der Waals surface area contributed by atoms with E-state index in [1.54, 1.807) is 6.07 Å². The van der Waals surface area contributed by atoms with Gasteiger partial charge in [0.1, 0.15) is 6.04 Å². The molecule has 2 aromatic rings. The van der Waals surface area contributed by atoms with Crippen LogP contribution in [0.2, 0.25) is 0 Å². The molecule has 0 aliphatic rings. The largest absolute Gasteiger partial charge is 0.480 e. The van der Waals surface area contributed by atoms with Crippen LogP contribution < -0.4 is 11.5 Å². The molecule has 100 valence electrons. The molecule has 0 saturated heterocycles. The number of carboxylic acids is 1. The Balaban J connectivity index is 2.57. The van der Waals surface area contributed by atoms with Crippen LogP contribution in [0.1, 0.15) is 5.56 Å². The third kappa shape index (κ3) is 2.33. The van der Waals surface area contributed by atoms with Crippen molar-refractivity contribution in [2.45, 2.75) is 12.5 Å². The van der Waals surface area contributed by atoms with Crippen LogP contribution in [0.15, 0.2) is 18.3 Å². The Bertz CT molecular complexity index is 664. The molecular formula is C11H12N4O4. The first-order chi connectivity index (χ1) is 8.90. The van der Waals surface area contributed by atoms with Gasteiger partial charge < -0.3 is 21.6 Å². The molecular weight excluding hydrogens is 252 g/mol. The van der Waals surface area contributed by atoms with Crippen molar-refractivity contribution in [2.24, 2.45) is 5.73 Å². The van der Waals surface area contributed by atoms with Gasteiger partial charge in [-0.3, -0.25) is 14.9 Å². The van der Waals surface area contributed by atoms with Gasteiger partial charge in [-0.25, -0.2) is 0 Å². The molecule has 19 heavy (non-hydrogen) atoms. The highest BCUT2D eigenvalue weighted by Gasteiger charge is 2.21. The van der Waals surface area contributed by atoms with E-state index in [2.05, 4.69) is 4.98 Å². The van der Waals surface area contributed by atoms with Crippen LogP contribution in [-0.4, -0.2) is 27.0 Å². The molecule has 0 aliphatic carbocycles. The Labute approximate surface area is 107 Å². The van der Waals surface area contributed by atoms with Crippen LogP contribution in [0.4, 0.5) is 11.4 Å². The van der Waals surface area contributed by atoms with Crippen molar-refractivity contribution in [2.75, 3.05) is 5.73 Å². The summed E-state index contributed by atoms with van der Waals surface area (Å²) in [4.78, 5) is 24.1. The van der Waals surface area contributed by atoms with Crippen LogP contribution in [0, 0.1) is 10.1 Å². The molecule has 0 bridgehead atoms. The van der Waals surface area contributed by atoms with Crippen molar-refractivity contribution >= 4 is 28.2 Å². The summed E-state index contributed by atoms with van der Waals surface area (Å²) in [6.45, 7) is 0. The first kappa shape index (κ1) is 12.8. The van der Waals surface area contributed by atoms with Crippen molar-refractivity contribution in [1.82, 2.24) is 4.98 Å². The Kier molecular flexibility index (Phi) is 3.09. The number of non-ortho nitro benzene ring substituents is 1. The van der Waals surface area contributed by atoms with Gasteiger partial charge in [0.05, 0.1) is 15.8 Å². The molecule has 0 aliphatic heterocycles. The molecule has 1 aromatic carbocycles. The van der Waals surface area contributed by atoms with Gasteiger partial charge in [-0.15, -0.1) is 0 Å². The number of hydrogen-bond acceptors (Lipinski definition) is 5. The van der Waals surface area contributed by atoms with E-state index >= 15 is 0 Å². The summed E-state index contributed by atoms with van der Waals surface area (Å²) in [5.74, 6) is -1.16. The second-order valence-corrected chi connectivity index (χ2v) is 4.18. The zero-order chi connectivity index (χ0) is 14.2. The topological polar surface area (TPSA) is 148 Å². The number of aromatic amines is 1. The van der Waals surface area contributed by atoms with Crippen LogP contribution in [0.25, 0.3) is 10.9 Å². The van der Waals surface area contributed by atoms with E-state index in [0.717, 1.165) is 0 Å². The van der Waals surface area contributed by atoms with Crippen LogP contribution in [0.5, 0.6) is 0 Å². The number of hydrogen-bond donors (Lipinski definition) is 4. The number of nitrogen functional groups attached to an aromatic ring is 1. The number of aliphatic carboxylic acids is 1. The van der Waals surface area contributed by atoms with Gasteiger partial charge in [0.15, 0.2) is 0 Å². The predicted octanol–water partition coefficient (Wildman–Crippen LogP) is 0.613. The number of carboxylic acid groups (broad SMARTS) is 1. The second-order valence-electron chi connectivity index (χ2n) is 4.18. The van der Waals surface area contributed by atoms with Gasteiger partial charge in [-0.1, -0.05) is 0 Å². The number of aromatic nitrogens is 1. The fourth-order valence-electron chi connectivity index (χ4n) is 1.97. The lowest BCUT2D eigenvalue weighted by molar-refractivity contribution is -0.383. The maximum atomic E-state index is 11.0. The number of anilines is 1. The molecule has 2 rings (SSSR count). The summed E-state index contributed by atoms with van der Waals surface area (Å²) in [6.07, 6.45) is 1.51. The molecule has 8 nitrogen and oxygen atoms in total. The van der Waals surface area contributed by atoms with E-state index in [1.165, 1.54) is 12.3 Å². The summed E-state index contributed by atoms with van der Waals surface area (Å²) < 4.78 is 0. The Morgan fingerprint density at radius 1 is 1.53 bits per heavy atom. The Hall–Kier alpha value is -2.61. The van der Waals surface area contributed by atoms with Crippen LogP contribution in [0.3, 0.4) is 0 Å². The highest BCUT2D eigenvalue weighted by atomic mass is 16.6. The smallest absolute Gasteiger partial charge is 0.320 e. The number of nitrogens with one attached hydrogen (secondary N) is 1. The van der Waals surface area contributed by atoms with E-state index in [0.29, 0.717) is 16.5 Å². The molecule has 8 heteroatoms. The fourth-order valence-corrected chi connectivity index (χ4v) is 1.97. The molecule has 1 heterocycles. The SMILES string of the molecule is Nc1cc([N+](=O)[O-])c2c(CC(N)C(=O)O)c[nH]c2c1. The maximum Gasteiger partial charge on any atom is 0.320 e. The summed E-state index contributed by atoms with van der Waals surface area (Å²) in [5.41, 5.74) is 12.1. The highest BCUT2D eigenvalue weighted by molar-refractivity contribution is 5.94. The normalized spacial score (nSPS) is 12.5. The molecule has 1 atom stereocenters. The van der Waals surface area contributed by atoms with Crippen molar-refractivity contribution in [3.63, 3.8) is 0 Å². The molecule has 1 aromatic heterocycles. The van der Waals surface area contributed by atoms with Gasteiger partial charge in [-0.2, -0.15) is 0 Å². The summed E-state index contributed by atoms with van der Waals surface area (Å²) in [5, 5.41) is 20.2. The number of benzene rings is 1. The molecule has 6 N–H and O–H groups in total. The summed E-state index contributed by atoms with van der Waals surface area (Å²) in [6, 6.07) is 1.68. The van der Waals surface area contributed by atoms with Crippen LogP contribution >= 0.6 is 0 Å². The molecule has 0 spiro atoms. The van der Waals surface area contributed by atoms with Crippen molar-refractivity contribution in [3.8, 4) is 0 Å². The summed E-state index contributed by atoms with van der Waals surface area (Å²) in [7, 11) is 0. The number of H-pyrrole nitrogens is 1. The first-order valence-corrected chi connectivity index (χ1v) is 5.42. The second kappa shape index (κ2) is 4.58. The molecule has 1 unspecified atom stereocenters. The fraction of sp³-hybridized carbons (Fsp3) is 0.182. The number of fused-ring (bicyclic) bond motifs is 1. The van der Waals surface area contributed by atoms with E-state index in [-0.39, 0.29) is 17.8 Å². The quantitative estimate of drug-likeness (QED) is 0.361. The van der Waals surface area contributed by atoms with E-state index in [9.17, 15) is 14.9 Å². The lowest BCUT2D eigenvalue weighted by Gasteiger charge is -2.05. The minimum atomic E-state index is -1.16. The highest BCUT2D eigenvalue weighted by Crippen LogP contribution is 2.31. The minimum Gasteiger partial charge on any atom is -0.480 e. The third-order valence-electron chi connectivity index (χ3n) is 2.82. The average Bonchev–Trinajstić information content (AvgIpc) is 2.70. The number of nitro benzene ring substituents is 1. The van der Waals surface area contributed by atoms with Gasteiger partial charge in [0, 0.05) is 24.4 Å². The first-order valence-electron chi connectivity index (χ1n) is 5.42. The number of nitrogens with zero attached hydrogens (tertiary/aromatic N) is 1. The van der Waals surface area contributed by atoms with Crippen molar-refractivity contribution in [1.29, 1.82) is 0 Å². The Morgan fingerprint density at radius 2 is 2.21 bits per heavy atom. The monoisotopic (exact) mass is 264 g/mol. The van der Waals surface area contributed by atoms with Gasteiger partial charge in [-0.05, 0) is 11.6 Å². The van der Waals surface area contributed by atoms with E-state index < -0.39 is 16.9 Å². The molecule has 0 amide bonds. The lowest BCUT2D eigenvalue weighted by Crippen LogP contribution is -2.32. The molecule has 0 radical (unpaired) electrons. The third-order valence-corrected chi connectivity index (χ3v) is 2.82. The van der Waals surface area contributed by atoms with Gasteiger partial charge >= 0.3 is 5.97 Å². The number of rotatable bonds is 4. The zero-order valence-corrected chi connectivity index (χ0v) is 9.79. The van der Waals surface area contributed by atoms with Crippen molar-refractivity contribution in [3.05, 3.63) is 34.0 Å². The molecule has 0 saturated carbocycles. The van der Waals surface area contributed by atoms with E-state index in [4.69, 9.17) is 16.6 Å². The standard InChI is InChI=1S/C11H12N4O4/c12-6-2-8-10(9(3-6)15(18)19)5(4-14-8)1-7(13)11(16)17/h2-4,7,14H,1,12-13H2,(H,16,17). The Morgan fingerprint density at radius 3 is 2.79 bits per heavy atom. The average molecular weight is 264 g/mol. The maximum absolute atomic E-state index is 11.0. The van der Waals surface area contributed by atoms with E-state index in [1.807, 2.05) is 0 Å². The number of nitrogens with two attached hydrogens (primary N) is 2. The van der Waals surface area contributed by atoms with Gasteiger partial charge in [0.25, 0.3) is 5.69 Å².